The van der Waals surface area contributed by atoms with E-state index in [2.05, 4.69) is 227 Å². The van der Waals surface area contributed by atoms with E-state index in [0.717, 1.165) is 151 Å². The number of aromatic nitrogens is 6. The Morgan fingerprint density at radius 1 is 0.302 bits per heavy atom. The van der Waals surface area contributed by atoms with Crippen molar-refractivity contribution in [2.24, 2.45) is 0 Å². The predicted molar refractivity (Wildman–Crippen MR) is 367 cm³/mol. The first-order valence-corrected chi connectivity index (χ1v) is 32.3. The van der Waals surface area contributed by atoms with Gasteiger partial charge >= 0.3 is 0 Å². The van der Waals surface area contributed by atoms with E-state index >= 15 is 0 Å². The minimum absolute atomic E-state index is 0.142. The molecule has 13 rings (SSSR count). The van der Waals surface area contributed by atoms with E-state index in [-0.39, 0.29) is 33.2 Å². The molecule has 8 nitrogen and oxygen atoms in total. The lowest BCUT2D eigenvalue weighted by molar-refractivity contribution is 0.326. The van der Waals surface area contributed by atoms with Gasteiger partial charge in [0.25, 0.3) is 0 Å². The second-order valence-electron chi connectivity index (χ2n) is 26.5. The molecule has 0 amide bonds. The van der Waals surface area contributed by atoms with Crippen LogP contribution < -0.4 is 0 Å². The van der Waals surface area contributed by atoms with E-state index in [4.69, 9.17) is 19.9 Å². The summed E-state index contributed by atoms with van der Waals surface area (Å²) in [6.45, 7) is 25.4. The quantitative estimate of drug-likeness (QED) is 0.172. The summed E-state index contributed by atoms with van der Waals surface area (Å²) in [6, 6.07) is 42.7. The summed E-state index contributed by atoms with van der Waals surface area (Å²) in [5.74, 6) is 0.283. The van der Waals surface area contributed by atoms with Gasteiger partial charge in [-0.15, -0.1) is 45.3 Å². The fourth-order valence-electron chi connectivity index (χ4n) is 11.2. The van der Waals surface area contributed by atoms with Gasteiger partial charge in [0, 0.05) is 94.5 Å². The van der Waals surface area contributed by atoms with Crippen molar-refractivity contribution < 1.29 is 10.2 Å². The lowest BCUT2D eigenvalue weighted by Gasteiger charge is -2.26. The Morgan fingerprint density at radius 2 is 0.581 bits per heavy atom. The Hall–Kier alpha value is -8.26. The molecule has 2 aromatic carbocycles. The molecule has 0 fully saturated rings. The molecule has 12 heteroatoms. The minimum atomic E-state index is -0.287. The highest BCUT2D eigenvalue weighted by Crippen LogP contribution is 2.49. The van der Waals surface area contributed by atoms with Gasteiger partial charge in [-0.3, -0.25) is 10.2 Å². The Balaban J connectivity index is 0.885. The van der Waals surface area contributed by atoms with E-state index < -0.39 is 0 Å². The molecule has 11 heterocycles. The van der Waals surface area contributed by atoms with Crippen molar-refractivity contribution in [3.8, 4) is 72.8 Å². The van der Waals surface area contributed by atoms with Gasteiger partial charge in [0.15, 0.2) is 11.5 Å². The average molecular weight is 1200 g/mol. The summed E-state index contributed by atoms with van der Waals surface area (Å²) in [7, 11) is 0. The van der Waals surface area contributed by atoms with Gasteiger partial charge in [0.05, 0.1) is 45.6 Å². The summed E-state index contributed by atoms with van der Waals surface area (Å²) in [6.07, 6.45) is 16.5. The second-order valence-corrected chi connectivity index (χ2v) is 30.9. The highest BCUT2D eigenvalue weighted by Gasteiger charge is 2.31. The minimum Gasteiger partial charge on any atom is -0.355 e. The number of nitrogens with one attached hydrogen (secondary N) is 2. The Bertz CT molecular complexity index is 4360. The van der Waals surface area contributed by atoms with Gasteiger partial charge in [-0.25, -0.2) is 19.9 Å². The van der Waals surface area contributed by atoms with Crippen molar-refractivity contribution in [3.05, 3.63) is 189 Å². The monoisotopic (exact) mass is 1200 g/mol. The maximum Gasteiger partial charge on any atom is 0.186 e. The predicted octanol–water partition coefficient (Wildman–Crippen LogP) is 22.4. The molecule has 2 radical (unpaired) electrons. The number of H-pyrrole nitrogens is 2. The van der Waals surface area contributed by atoms with Crippen molar-refractivity contribution in [3.63, 3.8) is 0 Å². The summed E-state index contributed by atoms with van der Waals surface area (Å²) in [5, 5.41) is 27.6. The lowest BCUT2D eigenvalue weighted by Crippen LogP contribution is -2.17. The number of fused-ring (bicyclic) bond motifs is 12. The maximum atomic E-state index is 13.8. The number of rotatable bonds is 6. The van der Waals surface area contributed by atoms with E-state index in [1.165, 1.54) is 0 Å². The fourth-order valence-corrected chi connectivity index (χ4v) is 15.6. The Morgan fingerprint density at radius 3 is 0.919 bits per heavy atom. The molecule has 0 saturated heterocycles. The molecule has 428 valence electrons. The van der Waals surface area contributed by atoms with Crippen molar-refractivity contribution in [1.82, 2.24) is 29.9 Å². The van der Waals surface area contributed by atoms with Crippen LogP contribution in [0.4, 0.5) is 0 Å². The molecule has 86 heavy (non-hydrogen) atoms. The van der Waals surface area contributed by atoms with Gasteiger partial charge < -0.3 is 9.97 Å². The molecule has 4 aliphatic heterocycles. The number of thiophene rings is 4. The molecule has 12 bridgehead atoms. The average Bonchev–Trinajstić information content (AvgIpc) is 1.60. The van der Waals surface area contributed by atoms with E-state index in [0.29, 0.717) is 0 Å². The molecule has 7 aromatic heterocycles. The molecule has 4 aliphatic rings. The molecule has 0 atom stereocenters. The number of benzene rings is 2. The molecule has 2 N–H and O–H groups in total. The summed E-state index contributed by atoms with van der Waals surface area (Å²) < 4.78 is 0. The van der Waals surface area contributed by atoms with Gasteiger partial charge in [-0.1, -0.05) is 83.1 Å². The third-order valence-electron chi connectivity index (χ3n) is 15.7. The van der Waals surface area contributed by atoms with E-state index in [9.17, 15) is 10.2 Å². The zero-order valence-electron chi connectivity index (χ0n) is 50.4. The van der Waals surface area contributed by atoms with Crippen molar-refractivity contribution in [1.29, 1.82) is 0 Å². The van der Waals surface area contributed by atoms with E-state index in [1.54, 1.807) is 45.3 Å². The van der Waals surface area contributed by atoms with Crippen LogP contribution in [0.25, 0.3) is 132 Å². The van der Waals surface area contributed by atoms with Crippen LogP contribution in [-0.4, -0.2) is 29.9 Å². The van der Waals surface area contributed by atoms with Gasteiger partial charge in [0.1, 0.15) is 0 Å². The van der Waals surface area contributed by atoms with Crippen LogP contribution in [0, 0.1) is 0 Å². The first-order chi connectivity index (χ1) is 40.8. The Labute approximate surface area is 519 Å². The van der Waals surface area contributed by atoms with Gasteiger partial charge in [-0.05, 0) is 203 Å². The smallest absolute Gasteiger partial charge is 0.186 e. The molecular formula is C74H66N6O2S4. The summed E-state index contributed by atoms with van der Waals surface area (Å²) in [5.41, 5.74) is 16.7. The molecule has 0 spiro atoms. The zero-order chi connectivity index (χ0) is 60.2. The van der Waals surface area contributed by atoms with Crippen molar-refractivity contribution in [2.75, 3.05) is 0 Å². The van der Waals surface area contributed by atoms with E-state index in [1.807, 2.05) is 36.4 Å². The van der Waals surface area contributed by atoms with Crippen LogP contribution in [0.2, 0.25) is 0 Å². The van der Waals surface area contributed by atoms with Crippen LogP contribution in [0.15, 0.2) is 121 Å². The second kappa shape index (κ2) is 21.3. The third kappa shape index (κ3) is 11.3. The van der Waals surface area contributed by atoms with Crippen LogP contribution in [-0.2, 0) is 31.9 Å². The number of aromatic amines is 2. The van der Waals surface area contributed by atoms with Crippen LogP contribution in [0.3, 0.4) is 0 Å². The molecule has 0 saturated carbocycles. The normalized spacial score (nSPS) is 13.3. The zero-order valence-corrected chi connectivity index (χ0v) is 53.7. The highest BCUT2D eigenvalue weighted by atomic mass is 32.1. The standard InChI is InChI=1S/C74H66N6O2S4/c1-71(2,3)51-33-41(34-52(69(51)81)72(4,5)6)59-25-27-61(83-59)63-29-31-65(85-63)67-55-21-17-47(77-55)37-43-13-15-45(75-43)39-49-19-23-57(79-49)68(58-24-20-50(80-58)40-46-16-14-44(76-46)38-48-18-22-56(67)78-48)66-32-30-64(86-66)62-28-26-60(84-62)42-35-53(73(7,8)9)70(82)54(36-42)74(10,11)12/h13-40,77,80H,1-12H3. The van der Waals surface area contributed by atoms with Crippen molar-refractivity contribution >= 4 is 116 Å². The van der Waals surface area contributed by atoms with Gasteiger partial charge in [-0.2, -0.15) is 0 Å². The molecular weight excluding hydrogens is 1130 g/mol. The summed E-state index contributed by atoms with van der Waals surface area (Å²) >= 11 is 7.00. The fraction of sp³-hybridized carbons (Fsp3) is 0.216. The topological polar surface area (TPSA) is 123 Å². The molecule has 9 aromatic rings. The molecule has 0 unspecified atom stereocenters. The lowest BCUT2D eigenvalue weighted by atomic mass is 9.78. The van der Waals surface area contributed by atoms with Crippen LogP contribution >= 0.6 is 45.3 Å². The van der Waals surface area contributed by atoms with Crippen LogP contribution in [0.5, 0.6) is 11.5 Å². The highest BCUT2D eigenvalue weighted by molar-refractivity contribution is 7.26. The Kier molecular flexibility index (Phi) is 14.1. The molecule has 0 aliphatic carbocycles. The first-order valence-electron chi connectivity index (χ1n) is 29.1. The summed E-state index contributed by atoms with van der Waals surface area (Å²) in [4.78, 5) is 37.1. The van der Waals surface area contributed by atoms with Gasteiger partial charge in [0.2, 0.25) is 0 Å². The van der Waals surface area contributed by atoms with Crippen molar-refractivity contribution in [2.45, 2.75) is 105 Å². The number of hydrogen-bond donors (Lipinski definition) is 2. The third-order valence-corrected chi connectivity index (χ3v) is 20.6. The SMILES string of the molecule is CC(C)(C)c1cc(-c2ccc(-c3ccc(-c4c5nc(cc6nc(cc7ccc([nH]7)c(-c7ccc(-c8ccc(-c9cc(C(C)(C)C)c([O])c(C(C)(C)C)c9)s8)s7)c7nc(cc8nc(cc9ccc4[nH]9)C=C8)C=C7)C=C6)C=C5)s3)s2)cc(C(C)(C)C)c1[O]. The largest absolute Gasteiger partial charge is 0.355 e. The van der Waals surface area contributed by atoms with Crippen LogP contribution in [0.1, 0.15) is 151 Å². The number of nitrogens with zero attached hydrogens (tertiary/aromatic N) is 4. The maximum absolute atomic E-state index is 13.8. The number of hydrogen-bond acceptors (Lipinski definition) is 8. The first kappa shape index (κ1) is 56.8.